The zero-order valence-electron chi connectivity index (χ0n) is 9.06. The summed E-state index contributed by atoms with van der Waals surface area (Å²) in [6, 6.07) is 7.38. The van der Waals surface area contributed by atoms with Crippen LogP contribution in [0.2, 0.25) is 0 Å². The van der Waals surface area contributed by atoms with E-state index in [-0.39, 0.29) is 12.0 Å². The maximum Gasteiger partial charge on any atom is 0.412 e. The predicted molar refractivity (Wildman–Crippen MR) is 58.0 cm³/mol. The second kappa shape index (κ2) is 3.96. The Morgan fingerprint density at radius 3 is 2.44 bits per heavy atom. The van der Waals surface area contributed by atoms with Crippen LogP contribution >= 0.6 is 0 Å². The highest BCUT2D eigenvalue weighted by Gasteiger charge is 2.37. The number of halogens is 3. The smallest absolute Gasteiger partial charge is 0.166 e. The van der Waals surface area contributed by atoms with Crippen LogP contribution in [0.15, 0.2) is 29.8 Å². The quantitative estimate of drug-likeness (QED) is 0.667. The van der Waals surface area contributed by atoms with Crippen molar-refractivity contribution in [2.75, 3.05) is 0 Å². The molecule has 0 aromatic heterocycles. The fourth-order valence-corrected chi connectivity index (χ4v) is 2.32. The lowest BCUT2D eigenvalue weighted by molar-refractivity contribution is -0.0936. The third kappa shape index (κ3) is 1.86. The van der Waals surface area contributed by atoms with Crippen molar-refractivity contribution < 1.29 is 13.2 Å². The van der Waals surface area contributed by atoms with Crippen LogP contribution in [0.5, 0.6) is 0 Å². The van der Waals surface area contributed by atoms with Crippen LogP contribution in [0.1, 0.15) is 30.9 Å². The molecule has 1 aromatic carbocycles. The Labute approximate surface area is 92.8 Å². The van der Waals surface area contributed by atoms with Crippen molar-refractivity contribution in [3.05, 3.63) is 41.0 Å². The zero-order valence-corrected chi connectivity index (χ0v) is 9.06. The Bertz CT molecular complexity index is 427. The maximum atomic E-state index is 12.8. The van der Waals surface area contributed by atoms with Gasteiger partial charge in [0.25, 0.3) is 0 Å². The molecule has 1 aliphatic rings. The highest BCUT2D eigenvalue weighted by molar-refractivity contribution is 5.73. The van der Waals surface area contributed by atoms with Gasteiger partial charge in [-0.2, -0.15) is 13.2 Å². The lowest BCUT2D eigenvalue weighted by atomic mass is 9.84. The van der Waals surface area contributed by atoms with E-state index in [1.807, 2.05) is 12.1 Å². The van der Waals surface area contributed by atoms with Gasteiger partial charge in [0.2, 0.25) is 0 Å². The van der Waals surface area contributed by atoms with Gasteiger partial charge in [-0.25, -0.2) is 0 Å². The molecule has 86 valence electrons. The van der Waals surface area contributed by atoms with Crippen molar-refractivity contribution >= 4 is 5.57 Å². The van der Waals surface area contributed by atoms with Crippen molar-refractivity contribution in [3.8, 4) is 0 Å². The lowest BCUT2D eigenvalue weighted by Crippen LogP contribution is -2.18. The predicted octanol–water partition coefficient (Wildman–Crippen LogP) is 4.36. The molecule has 0 saturated carbocycles. The van der Waals surface area contributed by atoms with E-state index in [4.69, 9.17) is 0 Å². The number of fused-ring (bicyclic) bond motifs is 1. The number of hydrogen-bond acceptors (Lipinski definition) is 0. The summed E-state index contributed by atoms with van der Waals surface area (Å²) >= 11 is 0. The first-order valence-corrected chi connectivity index (χ1v) is 5.41. The molecule has 3 heteroatoms. The van der Waals surface area contributed by atoms with E-state index in [1.54, 1.807) is 19.1 Å². The first-order chi connectivity index (χ1) is 7.54. The third-order valence-electron chi connectivity index (χ3n) is 3.05. The van der Waals surface area contributed by atoms with Crippen molar-refractivity contribution in [1.29, 1.82) is 0 Å². The van der Waals surface area contributed by atoms with Gasteiger partial charge in [0.15, 0.2) is 0 Å². The van der Waals surface area contributed by atoms with Gasteiger partial charge < -0.3 is 0 Å². The second-order valence-corrected chi connectivity index (χ2v) is 3.97. The van der Waals surface area contributed by atoms with Gasteiger partial charge in [-0.3, -0.25) is 0 Å². The number of aryl methyl sites for hydroxylation is 1. The van der Waals surface area contributed by atoms with E-state index in [0.717, 1.165) is 11.1 Å². The molecule has 0 fully saturated rings. The average Bonchev–Trinajstić information content (AvgIpc) is 2.26. The monoisotopic (exact) mass is 226 g/mol. The molecule has 0 spiro atoms. The number of hydrogen-bond donors (Lipinski definition) is 0. The zero-order chi connectivity index (χ0) is 11.8. The van der Waals surface area contributed by atoms with Crippen LogP contribution in [-0.2, 0) is 6.42 Å². The van der Waals surface area contributed by atoms with E-state index in [9.17, 15) is 13.2 Å². The number of alkyl halides is 3. The van der Waals surface area contributed by atoms with Gasteiger partial charge in [-0.1, -0.05) is 31.2 Å². The minimum Gasteiger partial charge on any atom is -0.166 e. The molecule has 16 heavy (non-hydrogen) atoms. The standard InChI is InChI=1S/C13H13F3/c1-2-10-11-6-4-3-5-9(11)7-8-12(10)13(14,15)16/h3-6H,2,7-8H2,1H3. The fourth-order valence-electron chi connectivity index (χ4n) is 2.32. The van der Waals surface area contributed by atoms with Gasteiger partial charge >= 0.3 is 6.18 Å². The summed E-state index contributed by atoms with van der Waals surface area (Å²) in [5.41, 5.74) is 1.94. The van der Waals surface area contributed by atoms with Crippen LogP contribution in [0, 0.1) is 0 Å². The Hall–Kier alpha value is -1.25. The normalized spacial score (nSPS) is 16.2. The first kappa shape index (κ1) is 11.2. The van der Waals surface area contributed by atoms with E-state index >= 15 is 0 Å². The second-order valence-electron chi connectivity index (χ2n) is 3.97. The van der Waals surface area contributed by atoms with Gasteiger partial charge in [0, 0.05) is 5.57 Å². The van der Waals surface area contributed by atoms with Crippen molar-refractivity contribution in [2.24, 2.45) is 0 Å². The highest BCUT2D eigenvalue weighted by Crippen LogP contribution is 2.41. The van der Waals surface area contributed by atoms with Crippen LogP contribution in [0.3, 0.4) is 0 Å². The van der Waals surface area contributed by atoms with E-state index in [2.05, 4.69) is 0 Å². The van der Waals surface area contributed by atoms with E-state index in [0.29, 0.717) is 18.4 Å². The minimum atomic E-state index is -4.18. The molecule has 0 heterocycles. The molecule has 0 saturated heterocycles. The van der Waals surface area contributed by atoms with Crippen molar-refractivity contribution in [3.63, 3.8) is 0 Å². The molecule has 0 unspecified atom stereocenters. The van der Waals surface area contributed by atoms with Crippen LogP contribution in [0.25, 0.3) is 5.57 Å². The molecule has 1 aliphatic carbocycles. The Balaban J connectivity index is 2.58. The lowest BCUT2D eigenvalue weighted by Gasteiger charge is -2.24. The molecule has 0 N–H and O–H groups in total. The summed E-state index contributed by atoms with van der Waals surface area (Å²) in [5.74, 6) is 0. The van der Waals surface area contributed by atoms with Crippen LogP contribution < -0.4 is 0 Å². The molecule has 0 bridgehead atoms. The summed E-state index contributed by atoms with van der Waals surface area (Å²) in [6.07, 6.45) is -3.14. The SMILES string of the molecule is CCC1=C(C(F)(F)F)CCc2ccccc21. The topological polar surface area (TPSA) is 0 Å². The minimum absolute atomic E-state index is 0.115. The van der Waals surface area contributed by atoms with Crippen molar-refractivity contribution in [2.45, 2.75) is 32.4 Å². The summed E-state index contributed by atoms with van der Waals surface area (Å²) < 4.78 is 38.4. The molecule has 1 aromatic rings. The average molecular weight is 226 g/mol. The molecular weight excluding hydrogens is 213 g/mol. The van der Waals surface area contributed by atoms with Gasteiger partial charge in [0.1, 0.15) is 0 Å². The molecule has 0 nitrogen and oxygen atoms in total. The Morgan fingerprint density at radius 1 is 1.12 bits per heavy atom. The van der Waals surface area contributed by atoms with Gasteiger partial charge in [0.05, 0.1) is 0 Å². The molecule has 0 atom stereocenters. The molecule has 0 amide bonds. The largest absolute Gasteiger partial charge is 0.412 e. The first-order valence-electron chi connectivity index (χ1n) is 5.41. The van der Waals surface area contributed by atoms with Crippen LogP contribution in [-0.4, -0.2) is 6.18 Å². The maximum absolute atomic E-state index is 12.8. The van der Waals surface area contributed by atoms with Gasteiger partial charge in [-0.05, 0) is 36.0 Å². The summed E-state index contributed by atoms with van der Waals surface area (Å²) in [6.45, 7) is 1.78. The Kier molecular flexibility index (Phi) is 2.78. The van der Waals surface area contributed by atoms with Crippen LogP contribution in [0.4, 0.5) is 13.2 Å². The summed E-state index contributed by atoms with van der Waals surface area (Å²) in [7, 11) is 0. The fraction of sp³-hybridized carbons (Fsp3) is 0.385. The Morgan fingerprint density at radius 2 is 1.81 bits per heavy atom. The number of rotatable bonds is 1. The molecular formula is C13H13F3. The van der Waals surface area contributed by atoms with E-state index in [1.165, 1.54) is 0 Å². The highest BCUT2D eigenvalue weighted by atomic mass is 19.4. The molecule has 0 aliphatic heterocycles. The van der Waals surface area contributed by atoms with E-state index < -0.39 is 6.18 Å². The number of benzene rings is 1. The summed E-state index contributed by atoms with van der Waals surface area (Å²) in [5, 5.41) is 0. The summed E-state index contributed by atoms with van der Waals surface area (Å²) in [4.78, 5) is 0. The van der Waals surface area contributed by atoms with Crippen molar-refractivity contribution in [1.82, 2.24) is 0 Å². The molecule has 0 radical (unpaired) electrons. The number of allylic oxidation sites excluding steroid dienone is 2. The molecule has 2 rings (SSSR count). The van der Waals surface area contributed by atoms with Gasteiger partial charge in [-0.15, -0.1) is 0 Å². The third-order valence-corrected chi connectivity index (χ3v) is 3.05.